The van der Waals surface area contributed by atoms with Gasteiger partial charge in [-0.2, -0.15) is 0 Å². The van der Waals surface area contributed by atoms with Gasteiger partial charge in [-0.15, -0.1) is 0 Å². The number of ether oxygens (including phenoxy) is 1. The van der Waals surface area contributed by atoms with Gasteiger partial charge in [0.15, 0.2) is 0 Å². The molecule has 6 heteroatoms. The summed E-state index contributed by atoms with van der Waals surface area (Å²) in [6, 6.07) is 9.97. The molecule has 1 aliphatic heterocycles. The Morgan fingerprint density at radius 3 is 2.48 bits per heavy atom. The van der Waals surface area contributed by atoms with Crippen molar-refractivity contribution in [2.24, 2.45) is 0 Å². The first-order chi connectivity index (χ1) is 15.0. The molecular formula is C25H28N2O4. The highest BCUT2D eigenvalue weighted by Gasteiger charge is 2.48. The van der Waals surface area contributed by atoms with Crippen molar-refractivity contribution in [1.82, 2.24) is 9.88 Å². The summed E-state index contributed by atoms with van der Waals surface area (Å²) in [6.07, 6.45) is 8.21. The molecule has 2 heterocycles. The maximum absolute atomic E-state index is 13.2. The zero-order valence-corrected chi connectivity index (χ0v) is 18.0. The molecule has 162 valence electrons. The number of rotatable bonds is 5. The number of nitrogens with zero attached hydrogens (tertiary/aromatic N) is 2. The van der Waals surface area contributed by atoms with Gasteiger partial charge in [-0.1, -0.05) is 31.4 Å². The third-order valence-corrected chi connectivity index (χ3v) is 5.95. The lowest BCUT2D eigenvalue weighted by molar-refractivity contribution is -0.141. The number of aliphatic hydroxyl groups excluding tert-OH is 1. The fourth-order valence-electron chi connectivity index (χ4n) is 4.60. The van der Waals surface area contributed by atoms with E-state index in [1.165, 1.54) is 0 Å². The van der Waals surface area contributed by atoms with Crippen LogP contribution < -0.4 is 4.74 Å². The topological polar surface area (TPSA) is 79.7 Å². The number of Topliss-reactive ketones (excluding diaryl/α,β-unsaturated/α-hetero) is 1. The van der Waals surface area contributed by atoms with Gasteiger partial charge in [0.25, 0.3) is 11.7 Å². The van der Waals surface area contributed by atoms with Gasteiger partial charge in [-0.25, -0.2) is 0 Å². The molecule has 1 saturated heterocycles. The largest absolute Gasteiger partial charge is 0.507 e. The molecule has 1 N–H and O–H groups in total. The first kappa shape index (κ1) is 21.1. The Morgan fingerprint density at radius 1 is 1.10 bits per heavy atom. The van der Waals surface area contributed by atoms with Crippen LogP contribution in [0.25, 0.3) is 5.76 Å². The number of likely N-dealkylation sites (tertiary alicyclic amines) is 1. The van der Waals surface area contributed by atoms with Crippen molar-refractivity contribution in [3.63, 3.8) is 0 Å². The van der Waals surface area contributed by atoms with Crippen LogP contribution in [0.5, 0.6) is 5.75 Å². The van der Waals surface area contributed by atoms with Gasteiger partial charge in [0.05, 0.1) is 17.7 Å². The van der Waals surface area contributed by atoms with E-state index < -0.39 is 17.7 Å². The van der Waals surface area contributed by atoms with E-state index in [0.717, 1.165) is 37.7 Å². The van der Waals surface area contributed by atoms with Crippen LogP contribution in [0.15, 0.2) is 54.4 Å². The van der Waals surface area contributed by atoms with Gasteiger partial charge < -0.3 is 14.7 Å². The summed E-state index contributed by atoms with van der Waals surface area (Å²) >= 11 is 0. The van der Waals surface area contributed by atoms with Gasteiger partial charge in [-0.05, 0) is 56.5 Å². The molecule has 1 atom stereocenters. The van der Waals surface area contributed by atoms with Crippen LogP contribution in [0.1, 0.15) is 63.1 Å². The van der Waals surface area contributed by atoms with Gasteiger partial charge in [0, 0.05) is 24.0 Å². The maximum atomic E-state index is 13.2. The standard InChI is InChI=1S/C25H28N2O4/c1-16(2)31-20-10-6-7-18(15-20)23(28)21-22(17-11-13-26-14-12-17)27(25(30)24(21)29)19-8-4-3-5-9-19/h6-7,10-16,19,22,28H,3-5,8-9H2,1-2H3/b23-21-. The number of hydrogen-bond donors (Lipinski definition) is 1. The number of aliphatic hydroxyl groups is 1. The summed E-state index contributed by atoms with van der Waals surface area (Å²) in [5.74, 6) is -0.751. The third-order valence-electron chi connectivity index (χ3n) is 5.95. The van der Waals surface area contributed by atoms with Gasteiger partial charge in [0.2, 0.25) is 0 Å². The van der Waals surface area contributed by atoms with Crippen LogP contribution in [0.3, 0.4) is 0 Å². The van der Waals surface area contributed by atoms with Crippen molar-refractivity contribution in [1.29, 1.82) is 0 Å². The molecule has 2 aromatic rings. The Balaban J connectivity index is 1.82. The predicted molar refractivity (Wildman–Crippen MR) is 117 cm³/mol. The first-order valence-corrected chi connectivity index (χ1v) is 10.9. The molecule has 1 aromatic heterocycles. The molecule has 0 spiro atoms. The Kier molecular flexibility index (Phi) is 6.07. The molecule has 1 aromatic carbocycles. The van der Waals surface area contributed by atoms with Crippen LogP contribution in [-0.4, -0.2) is 38.8 Å². The predicted octanol–water partition coefficient (Wildman–Crippen LogP) is 4.62. The molecule has 6 nitrogen and oxygen atoms in total. The van der Waals surface area contributed by atoms with E-state index in [9.17, 15) is 14.7 Å². The van der Waals surface area contributed by atoms with Crippen molar-refractivity contribution in [2.75, 3.05) is 0 Å². The van der Waals surface area contributed by atoms with Gasteiger partial charge in [0.1, 0.15) is 11.5 Å². The van der Waals surface area contributed by atoms with Crippen molar-refractivity contribution in [3.8, 4) is 5.75 Å². The summed E-state index contributed by atoms with van der Waals surface area (Å²) in [6.45, 7) is 3.84. The summed E-state index contributed by atoms with van der Waals surface area (Å²) in [5.41, 5.74) is 1.36. The van der Waals surface area contributed by atoms with Crippen LogP contribution in [0.4, 0.5) is 0 Å². The highest BCUT2D eigenvalue weighted by Crippen LogP contribution is 2.43. The number of hydrogen-bond acceptors (Lipinski definition) is 5. The van der Waals surface area contributed by atoms with E-state index in [-0.39, 0.29) is 23.5 Å². The lowest BCUT2D eigenvalue weighted by Crippen LogP contribution is -2.40. The molecule has 1 aliphatic carbocycles. The first-order valence-electron chi connectivity index (χ1n) is 10.9. The lowest BCUT2D eigenvalue weighted by atomic mass is 9.91. The van der Waals surface area contributed by atoms with E-state index in [1.807, 2.05) is 13.8 Å². The average Bonchev–Trinajstić information content (AvgIpc) is 3.05. The highest BCUT2D eigenvalue weighted by atomic mass is 16.5. The molecular weight excluding hydrogens is 392 g/mol. The number of benzene rings is 1. The summed E-state index contributed by atoms with van der Waals surface area (Å²) in [7, 11) is 0. The molecule has 2 aliphatic rings. The number of aromatic nitrogens is 1. The van der Waals surface area contributed by atoms with Crippen LogP contribution in [0.2, 0.25) is 0 Å². The normalized spacial score (nSPS) is 21.6. The molecule has 31 heavy (non-hydrogen) atoms. The number of pyridine rings is 1. The molecule has 4 rings (SSSR count). The van der Waals surface area contributed by atoms with E-state index in [1.54, 1.807) is 53.7 Å². The highest BCUT2D eigenvalue weighted by molar-refractivity contribution is 6.46. The second-order valence-electron chi connectivity index (χ2n) is 8.47. The summed E-state index contributed by atoms with van der Waals surface area (Å²) < 4.78 is 5.74. The quantitative estimate of drug-likeness (QED) is 0.434. The molecule has 1 saturated carbocycles. The molecule has 0 radical (unpaired) electrons. The number of carbonyl (C=O) groups excluding carboxylic acids is 2. The van der Waals surface area contributed by atoms with E-state index >= 15 is 0 Å². The summed E-state index contributed by atoms with van der Waals surface area (Å²) in [4.78, 5) is 32.1. The van der Waals surface area contributed by atoms with Crippen molar-refractivity contribution in [3.05, 3.63) is 65.5 Å². The molecule has 1 unspecified atom stereocenters. The van der Waals surface area contributed by atoms with Crippen LogP contribution in [0, 0.1) is 0 Å². The van der Waals surface area contributed by atoms with Gasteiger partial charge in [-0.3, -0.25) is 14.6 Å². The number of ketones is 1. The zero-order chi connectivity index (χ0) is 22.0. The zero-order valence-electron chi connectivity index (χ0n) is 18.0. The molecule has 2 fully saturated rings. The lowest BCUT2D eigenvalue weighted by Gasteiger charge is -2.35. The van der Waals surface area contributed by atoms with Crippen molar-refractivity contribution >= 4 is 17.4 Å². The second-order valence-corrected chi connectivity index (χ2v) is 8.47. The second kappa shape index (κ2) is 8.92. The minimum absolute atomic E-state index is 0.00993. The third kappa shape index (κ3) is 4.20. The fraction of sp³-hybridized carbons (Fsp3) is 0.400. The monoisotopic (exact) mass is 420 g/mol. The molecule has 0 bridgehead atoms. The Bertz CT molecular complexity index is 994. The van der Waals surface area contributed by atoms with Crippen LogP contribution >= 0.6 is 0 Å². The Morgan fingerprint density at radius 2 is 1.81 bits per heavy atom. The Labute approximate surface area is 182 Å². The van der Waals surface area contributed by atoms with Crippen molar-refractivity contribution in [2.45, 2.75) is 64.1 Å². The number of amides is 1. The van der Waals surface area contributed by atoms with E-state index in [2.05, 4.69) is 4.98 Å². The minimum Gasteiger partial charge on any atom is -0.507 e. The fourth-order valence-corrected chi connectivity index (χ4v) is 4.60. The Hall–Kier alpha value is -3.15. The van der Waals surface area contributed by atoms with E-state index in [4.69, 9.17) is 4.74 Å². The van der Waals surface area contributed by atoms with Crippen LogP contribution in [-0.2, 0) is 9.59 Å². The summed E-state index contributed by atoms with van der Waals surface area (Å²) in [5, 5.41) is 11.2. The van der Waals surface area contributed by atoms with Gasteiger partial charge >= 0.3 is 0 Å². The van der Waals surface area contributed by atoms with E-state index in [0.29, 0.717) is 11.3 Å². The van der Waals surface area contributed by atoms with Crippen molar-refractivity contribution < 1.29 is 19.4 Å². The minimum atomic E-state index is -0.639. The number of carbonyl (C=O) groups is 2. The SMILES string of the molecule is CC(C)Oc1cccc(/C(O)=C2/C(=O)C(=O)N(C3CCCCC3)C2c2ccncc2)c1. The maximum Gasteiger partial charge on any atom is 0.295 e. The smallest absolute Gasteiger partial charge is 0.295 e. The molecule has 1 amide bonds. The average molecular weight is 421 g/mol.